The summed E-state index contributed by atoms with van der Waals surface area (Å²) < 4.78 is 5.65. The van der Waals surface area contributed by atoms with Gasteiger partial charge in [0.25, 0.3) is 0 Å². The minimum Gasteiger partial charge on any atom is -0.377 e. The first-order valence-corrected chi connectivity index (χ1v) is 6.44. The smallest absolute Gasteiger partial charge is 0.0721 e. The van der Waals surface area contributed by atoms with Crippen LogP contribution in [0.25, 0.3) is 0 Å². The van der Waals surface area contributed by atoms with Gasteiger partial charge in [-0.3, -0.25) is 0 Å². The van der Waals surface area contributed by atoms with E-state index in [9.17, 15) is 0 Å². The number of rotatable bonds is 2. The number of hydrogen-bond donors (Lipinski definition) is 1. The number of nitrogens with zero attached hydrogens (tertiary/aromatic N) is 1. The summed E-state index contributed by atoms with van der Waals surface area (Å²) in [5.74, 6) is 0. The van der Waals surface area contributed by atoms with E-state index in [0.717, 1.165) is 42.4 Å². The molecule has 0 radical (unpaired) electrons. The average molecular weight is 255 g/mol. The first kappa shape index (κ1) is 12.7. The first-order chi connectivity index (χ1) is 8.22. The Morgan fingerprint density at radius 1 is 1.53 bits per heavy atom. The lowest BCUT2D eigenvalue weighted by atomic mass is 10.1. The van der Waals surface area contributed by atoms with Crippen LogP contribution in [-0.2, 0) is 11.3 Å². The third-order valence-electron chi connectivity index (χ3n) is 3.09. The zero-order valence-electron chi connectivity index (χ0n) is 10.2. The number of benzene rings is 1. The van der Waals surface area contributed by atoms with Gasteiger partial charge in [0, 0.05) is 42.5 Å². The Morgan fingerprint density at radius 2 is 2.35 bits per heavy atom. The molecule has 4 heteroatoms. The topological polar surface area (TPSA) is 38.5 Å². The zero-order valence-corrected chi connectivity index (χ0v) is 10.9. The SMILES string of the molecule is CC1CN(c2cccc(Cl)c2CN)CCCO1. The molecule has 1 unspecified atom stereocenters. The molecule has 1 atom stereocenters. The monoisotopic (exact) mass is 254 g/mol. The number of anilines is 1. The van der Waals surface area contributed by atoms with Crippen LogP contribution in [0.3, 0.4) is 0 Å². The molecular weight excluding hydrogens is 236 g/mol. The maximum atomic E-state index is 6.19. The van der Waals surface area contributed by atoms with E-state index in [4.69, 9.17) is 22.1 Å². The van der Waals surface area contributed by atoms with E-state index in [1.165, 1.54) is 0 Å². The average Bonchev–Trinajstić information content (AvgIpc) is 2.53. The van der Waals surface area contributed by atoms with Crippen LogP contribution < -0.4 is 10.6 Å². The van der Waals surface area contributed by atoms with Gasteiger partial charge in [0.2, 0.25) is 0 Å². The highest BCUT2D eigenvalue weighted by atomic mass is 35.5. The third kappa shape index (κ3) is 2.92. The van der Waals surface area contributed by atoms with Gasteiger partial charge < -0.3 is 15.4 Å². The summed E-state index contributed by atoms with van der Waals surface area (Å²) >= 11 is 6.19. The maximum Gasteiger partial charge on any atom is 0.0721 e. The summed E-state index contributed by atoms with van der Waals surface area (Å²) in [5.41, 5.74) is 7.97. The maximum absolute atomic E-state index is 6.19. The van der Waals surface area contributed by atoms with Crippen molar-refractivity contribution >= 4 is 17.3 Å². The second-order valence-corrected chi connectivity index (χ2v) is 4.83. The van der Waals surface area contributed by atoms with Crippen LogP contribution in [0, 0.1) is 0 Å². The van der Waals surface area contributed by atoms with Crippen LogP contribution >= 0.6 is 11.6 Å². The lowest BCUT2D eigenvalue weighted by Gasteiger charge is -2.27. The molecule has 1 aromatic carbocycles. The van der Waals surface area contributed by atoms with Gasteiger partial charge in [0.05, 0.1) is 6.10 Å². The van der Waals surface area contributed by atoms with E-state index >= 15 is 0 Å². The van der Waals surface area contributed by atoms with Crippen molar-refractivity contribution in [2.24, 2.45) is 5.73 Å². The van der Waals surface area contributed by atoms with E-state index < -0.39 is 0 Å². The van der Waals surface area contributed by atoms with Crippen LogP contribution in [-0.4, -0.2) is 25.8 Å². The summed E-state index contributed by atoms with van der Waals surface area (Å²) in [5, 5.41) is 0.753. The van der Waals surface area contributed by atoms with E-state index in [2.05, 4.69) is 17.9 Å². The lowest BCUT2D eigenvalue weighted by Crippen LogP contribution is -2.31. The number of hydrogen-bond acceptors (Lipinski definition) is 3. The van der Waals surface area contributed by atoms with Crippen molar-refractivity contribution in [3.63, 3.8) is 0 Å². The number of nitrogens with two attached hydrogens (primary N) is 1. The van der Waals surface area contributed by atoms with E-state index in [1.54, 1.807) is 0 Å². The molecule has 0 amide bonds. The quantitative estimate of drug-likeness (QED) is 0.881. The molecule has 1 aliphatic rings. The molecule has 0 spiro atoms. The van der Waals surface area contributed by atoms with E-state index in [1.807, 2.05) is 12.1 Å². The fraction of sp³-hybridized carbons (Fsp3) is 0.538. The normalized spacial score (nSPS) is 21.4. The standard InChI is InChI=1S/C13H19ClN2O/c1-10-9-16(6-3-7-17-10)13-5-2-4-12(14)11(13)8-15/h2,4-5,10H,3,6-9,15H2,1H3. The Bertz CT molecular complexity index is 384. The Labute approximate surface area is 107 Å². The number of ether oxygens (including phenoxy) is 1. The molecule has 17 heavy (non-hydrogen) atoms. The minimum atomic E-state index is 0.252. The van der Waals surface area contributed by atoms with Crippen molar-refractivity contribution in [2.75, 3.05) is 24.6 Å². The van der Waals surface area contributed by atoms with Crippen molar-refractivity contribution in [1.82, 2.24) is 0 Å². The van der Waals surface area contributed by atoms with Crippen LogP contribution in [0.5, 0.6) is 0 Å². The molecule has 1 fully saturated rings. The molecule has 3 nitrogen and oxygen atoms in total. The van der Waals surface area contributed by atoms with Gasteiger partial charge in [0.15, 0.2) is 0 Å². The molecule has 1 heterocycles. The van der Waals surface area contributed by atoms with Crippen LogP contribution in [0.1, 0.15) is 18.9 Å². The first-order valence-electron chi connectivity index (χ1n) is 6.06. The largest absolute Gasteiger partial charge is 0.377 e. The molecule has 2 rings (SSSR count). The van der Waals surface area contributed by atoms with E-state index in [-0.39, 0.29) is 6.10 Å². The van der Waals surface area contributed by atoms with Crippen LogP contribution in [0.15, 0.2) is 18.2 Å². The van der Waals surface area contributed by atoms with Crippen molar-refractivity contribution in [3.05, 3.63) is 28.8 Å². The van der Waals surface area contributed by atoms with Crippen molar-refractivity contribution < 1.29 is 4.74 Å². The third-order valence-corrected chi connectivity index (χ3v) is 3.45. The summed E-state index contributed by atoms with van der Waals surface area (Å²) in [4.78, 5) is 2.33. The Hall–Kier alpha value is -0.770. The molecule has 0 saturated carbocycles. The van der Waals surface area contributed by atoms with Gasteiger partial charge >= 0.3 is 0 Å². The summed E-state index contributed by atoms with van der Waals surface area (Å²) in [6.07, 6.45) is 1.29. The zero-order chi connectivity index (χ0) is 12.3. The molecule has 0 bridgehead atoms. The fourth-order valence-corrected chi connectivity index (χ4v) is 2.51. The van der Waals surface area contributed by atoms with Gasteiger partial charge in [-0.25, -0.2) is 0 Å². The van der Waals surface area contributed by atoms with E-state index in [0.29, 0.717) is 6.54 Å². The van der Waals surface area contributed by atoms with Crippen LogP contribution in [0.2, 0.25) is 5.02 Å². The molecule has 1 aliphatic heterocycles. The predicted molar refractivity (Wildman–Crippen MR) is 71.6 cm³/mol. The lowest BCUT2D eigenvalue weighted by molar-refractivity contribution is 0.0821. The van der Waals surface area contributed by atoms with Gasteiger partial charge in [-0.05, 0) is 25.5 Å². The summed E-state index contributed by atoms with van der Waals surface area (Å²) in [6, 6.07) is 5.96. The Morgan fingerprint density at radius 3 is 3.12 bits per heavy atom. The van der Waals surface area contributed by atoms with Crippen molar-refractivity contribution in [3.8, 4) is 0 Å². The minimum absolute atomic E-state index is 0.252. The van der Waals surface area contributed by atoms with Crippen LogP contribution in [0.4, 0.5) is 5.69 Å². The fourth-order valence-electron chi connectivity index (χ4n) is 2.26. The van der Waals surface area contributed by atoms with Crippen molar-refractivity contribution in [2.45, 2.75) is 26.0 Å². The summed E-state index contributed by atoms with van der Waals surface area (Å²) in [7, 11) is 0. The predicted octanol–water partition coefficient (Wildman–Crippen LogP) is 2.41. The molecule has 0 aromatic heterocycles. The van der Waals surface area contributed by atoms with Crippen molar-refractivity contribution in [1.29, 1.82) is 0 Å². The molecule has 2 N–H and O–H groups in total. The number of halogens is 1. The second kappa shape index (κ2) is 5.71. The van der Waals surface area contributed by atoms with Gasteiger partial charge in [-0.15, -0.1) is 0 Å². The second-order valence-electron chi connectivity index (χ2n) is 4.42. The molecular formula is C13H19ClN2O. The summed E-state index contributed by atoms with van der Waals surface area (Å²) in [6.45, 7) is 5.30. The Balaban J connectivity index is 2.28. The molecule has 1 saturated heterocycles. The highest BCUT2D eigenvalue weighted by Gasteiger charge is 2.18. The van der Waals surface area contributed by atoms with Gasteiger partial charge in [-0.2, -0.15) is 0 Å². The molecule has 94 valence electrons. The molecule has 1 aromatic rings. The van der Waals surface area contributed by atoms with Gasteiger partial charge in [0.1, 0.15) is 0 Å². The highest BCUT2D eigenvalue weighted by Crippen LogP contribution is 2.28. The van der Waals surface area contributed by atoms with Gasteiger partial charge in [-0.1, -0.05) is 17.7 Å². The molecule has 0 aliphatic carbocycles. The Kier molecular flexibility index (Phi) is 4.26. The highest BCUT2D eigenvalue weighted by molar-refractivity contribution is 6.31.